The van der Waals surface area contributed by atoms with Crippen LogP contribution in [0.1, 0.15) is 23.7 Å². The Morgan fingerprint density at radius 3 is 2.68 bits per heavy atom. The van der Waals surface area contributed by atoms with Gasteiger partial charge in [-0.2, -0.15) is 0 Å². The van der Waals surface area contributed by atoms with Gasteiger partial charge in [-0.15, -0.1) is 0 Å². The fraction of sp³-hybridized carbons (Fsp3) is 0.385. The van der Waals surface area contributed by atoms with E-state index in [1.165, 1.54) is 7.11 Å². The third kappa shape index (κ3) is 4.65. The first-order valence-electron chi connectivity index (χ1n) is 5.80. The van der Waals surface area contributed by atoms with Crippen molar-refractivity contribution in [2.24, 2.45) is 0 Å². The topological polar surface area (TPSA) is 46.6 Å². The number of methoxy groups -OCH3 is 1. The van der Waals surface area contributed by atoms with Gasteiger partial charge in [-0.05, 0) is 47.7 Å². The first-order chi connectivity index (χ1) is 8.99. The molecule has 0 aliphatic heterocycles. The van der Waals surface area contributed by atoms with E-state index in [2.05, 4.69) is 27.3 Å². The Balaban J connectivity index is 2.83. The second-order valence-corrected chi connectivity index (χ2v) is 5.43. The van der Waals surface area contributed by atoms with Gasteiger partial charge in [0.1, 0.15) is 0 Å². The molecule has 1 rings (SSSR count). The highest BCUT2D eigenvalue weighted by molar-refractivity contribution is 14.1. The number of hydrogen-bond acceptors (Lipinski definition) is 3. The summed E-state index contributed by atoms with van der Waals surface area (Å²) in [5.41, 5.74) is 0.555. The number of rotatable bonds is 5. The van der Waals surface area contributed by atoms with Crippen LogP contribution in [0.2, 0.25) is 5.02 Å². The van der Waals surface area contributed by atoms with Crippen molar-refractivity contribution in [2.75, 3.05) is 20.2 Å². The second-order valence-electron chi connectivity index (χ2n) is 3.84. The van der Waals surface area contributed by atoms with E-state index in [0.29, 0.717) is 23.7 Å². The molecule has 19 heavy (non-hydrogen) atoms. The van der Waals surface area contributed by atoms with Crippen molar-refractivity contribution in [2.45, 2.75) is 13.3 Å². The van der Waals surface area contributed by atoms with E-state index >= 15 is 0 Å². The Morgan fingerprint density at radius 1 is 1.42 bits per heavy atom. The van der Waals surface area contributed by atoms with Crippen LogP contribution >= 0.6 is 34.2 Å². The lowest BCUT2D eigenvalue weighted by Gasteiger charge is -2.21. The highest BCUT2D eigenvalue weighted by Crippen LogP contribution is 2.19. The molecule has 0 saturated carbocycles. The van der Waals surface area contributed by atoms with Crippen LogP contribution in [0.3, 0.4) is 0 Å². The minimum atomic E-state index is -0.327. The predicted molar refractivity (Wildman–Crippen MR) is 82.4 cm³/mol. The monoisotopic (exact) mass is 395 g/mol. The fourth-order valence-electron chi connectivity index (χ4n) is 1.56. The molecule has 0 fully saturated rings. The number of ether oxygens (including phenoxy) is 1. The van der Waals surface area contributed by atoms with Crippen LogP contribution < -0.4 is 0 Å². The minimum absolute atomic E-state index is 0.127. The van der Waals surface area contributed by atoms with Gasteiger partial charge in [0.05, 0.1) is 19.1 Å². The summed E-state index contributed by atoms with van der Waals surface area (Å²) >= 11 is 8.00. The minimum Gasteiger partial charge on any atom is -0.469 e. The molecule has 0 aliphatic rings. The maximum Gasteiger partial charge on any atom is 0.307 e. The zero-order chi connectivity index (χ0) is 14.4. The van der Waals surface area contributed by atoms with Gasteiger partial charge in [-0.3, -0.25) is 9.59 Å². The molecule has 0 heterocycles. The quantitative estimate of drug-likeness (QED) is 0.569. The molecule has 0 atom stereocenters. The first kappa shape index (κ1) is 16.2. The largest absolute Gasteiger partial charge is 0.469 e. The average molecular weight is 396 g/mol. The zero-order valence-corrected chi connectivity index (χ0v) is 13.7. The van der Waals surface area contributed by atoms with Gasteiger partial charge >= 0.3 is 5.97 Å². The third-order valence-corrected chi connectivity index (χ3v) is 3.82. The number of hydrogen-bond donors (Lipinski definition) is 0. The molecule has 0 aromatic heterocycles. The van der Waals surface area contributed by atoms with Gasteiger partial charge in [0.25, 0.3) is 5.91 Å². The lowest BCUT2D eigenvalue weighted by Crippen LogP contribution is -2.33. The van der Waals surface area contributed by atoms with Gasteiger partial charge < -0.3 is 9.64 Å². The van der Waals surface area contributed by atoms with Crippen molar-refractivity contribution in [3.8, 4) is 0 Å². The van der Waals surface area contributed by atoms with E-state index in [-0.39, 0.29) is 18.3 Å². The average Bonchev–Trinajstić information content (AvgIpc) is 2.41. The van der Waals surface area contributed by atoms with Crippen molar-refractivity contribution in [1.29, 1.82) is 0 Å². The summed E-state index contributed by atoms with van der Waals surface area (Å²) in [5.74, 6) is -0.453. The number of amides is 1. The van der Waals surface area contributed by atoms with E-state index < -0.39 is 0 Å². The molecular weight excluding hydrogens is 381 g/mol. The Labute approximate surface area is 131 Å². The zero-order valence-electron chi connectivity index (χ0n) is 10.8. The van der Waals surface area contributed by atoms with E-state index in [0.717, 1.165) is 3.57 Å². The first-order valence-corrected chi connectivity index (χ1v) is 7.26. The molecule has 0 spiro atoms. The van der Waals surface area contributed by atoms with Crippen LogP contribution in [0.4, 0.5) is 0 Å². The normalized spacial score (nSPS) is 10.1. The summed E-state index contributed by atoms with van der Waals surface area (Å²) in [6.45, 7) is 2.73. The molecule has 4 nitrogen and oxygen atoms in total. The number of carbonyl (C=O) groups excluding carboxylic acids is 2. The Kier molecular flexibility index (Phi) is 6.57. The number of halogens is 2. The van der Waals surface area contributed by atoms with Gasteiger partial charge in [0.15, 0.2) is 0 Å². The fourth-order valence-corrected chi connectivity index (χ4v) is 2.30. The number of benzene rings is 1. The molecule has 0 aliphatic carbocycles. The molecule has 0 N–H and O–H groups in total. The Hall–Kier alpha value is -0.820. The maximum absolute atomic E-state index is 12.4. The molecule has 0 bridgehead atoms. The lowest BCUT2D eigenvalue weighted by molar-refractivity contribution is -0.140. The van der Waals surface area contributed by atoms with Gasteiger partial charge in [0, 0.05) is 21.7 Å². The van der Waals surface area contributed by atoms with Crippen molar-refractivity contribution < 1.29 is 14.3 Å². The second kappa shape index (κ2) is 7.69. The van der Waals surface area contributed by atoms with Crippen LogP contribution in [0.15, 0.2) is 18.2 Å². The molecular formula is C13H15ClINO3. The van der Waals surface area contributed by atoms with Crippen molar-refractivity contribution in [3.63, 3.8) is 0 Å². The summed E-state index contributed by atoms with van der Waals surface area (Å²) < 4.78 is 5.41. The highest BCUT2D eigenvalue weighted by Gasteiger charge is 2.18. The number of esters is 1. The molecule has 6 heteroatoms. The van der Waals surface area contributed by atoms with Gasteiger partial charge in [-0.25, -0.2) is 0 Å². The molecule has 1 aromatic carbocycles. The van der Waals surface area contributed by atoms with Crippen LogP contribution in [0.25, 0.3) is 0 Å². The maximum atomic E-state index is 12.4. The lowest BCUT2D eigenvalue weighted by atomic mass is 10.2. The Bertz CT molecular complexity index is 479. The van der Waals surface area contributed by atoms with E-state index in [1.807, 2.05) is 6.92 Å². The summed E-state index contributed by atoms with van der Waals surface area (Å²) in [4.78, 5) is 25.1. The highest BCUT2D eigenvalue weighted by atomic mass is 127. The summed E-state index contributed by atoms with van der Waals surface area (Å²) in [6, 6.07) is 5.18. The van der Waals surface area contributed by atoms with Crippen LogP contribution in [-0.2, 0) is 9.53 Å². The van der Waals surface area contributed by atoms with E-state index in [9.17, 15) is 9.59 Å². The summed E-state index contributed by atoms with van der Waals surface area (Å²) in [7, 11) is 1.33. The van der Waals surface area contributed by atoms with Crippen LogP contribution in [0, 0.1) is 3.57 Å². The van der Waals surface area contributed by atoms with Crippen molar-refractivity contribution in [3.05, 3.63) is 32.4 Å². The Morgan fingerprint density at radius 2 is 2.11 bits per heavy atom. The molecule has 0 unspecified atom stereocenters. The standard InChI is InChI=1S/C13H15ClINO3/c1-3-16(7-6-12(17)19-2)13(18)10-8-9(14)4-5-11(10)15/h4-5,8H,3,6-7H2,1-2H3. The van der Waals surface area contributed by atoms with Gasteiger partial charge in [-0.1, -0.05) is 11.6 Å². The molecule has 0 radical (unpaired) electrons. The van der Waals surface area contributed by atoms with Crippen LogP contribution in [0.5, 0.6) is 0 Å². The smallest absolute Gasteiger partial charge is 0.307 e. The molecule has 1 amide bonds. The van der Waals surface area contributed by atoms with Crippen molar-refractivity contribution in [1.82, 2.24) is 4.90 Å². The van der Waals surface area contributed by atoms with E-state index in [1.54, 1.807) is 23.1 Å². The SMILES string of the molecule is CCN(CCC(=O)OC)C(=O)c1cc(Cl)ccc1I. The predicted octanol–water partition coefficient (Wildman–Crippen LogP) is 2.97. The summed E-state index contributed by atoms with van der Waals surface area (Å²) in [5, 5.41) is 0.521. The third-order valence-electron chi connectivity index (χ3n) is 2.64. The molecule has 104 valence electrons. The molecule has 1 aromatic rings. The number of nitrogens with zero attached hydrogens (tertiary/aromatic N) is 1. The molecule has 0 saturated heterocycles. The summed E-state index contributed by atoms with van der Waals surface area (Å²) in [6.07, 6.45) is 0.188. The van der Waals surface area contributed by atoms with E-state index in [4.69, 9.17) is 11.6 Å². The van der Waals surface area contributed by atoms with Crippen molar-refractivity contribution >= 4 is 46.1 Å². The van der Waals surface area contributed by atoms with Gasteiger partial charge in [0.2, 0.25) is 0 Å². The van der Waals surface area contributed by atoms with Crippen LogP contribution in [-0.4, -0.2) is 37.0 Å². The number of carbonyl (C=O) groups is 2.